The fourth-order valence-corrected chi connectivity index (χ4v) is 3.66. The summed E-state index contributed by atoms with van der Waals surface area (Å²) in [6.45, 7) is 1.37. The normalized spacial score (nSPS) is 13.5. The van der Waals surface area contributed by atoms with Crippen molar-refractivity contribution in [1.29, 1.82) is 0 Å². The van der Waals surface area contributed by atoms with Gasteiger partial charge in [-0.05, 0) is 49.1 Å². The average Bonchev–Trinajstić information content (AvgIpc) is 2.87. The van der Waals surface area contributed by atoms with Crippen LogP contribution in [0.3, 0.4) is 0 Å². The number of benzene rings is 2. The quantitative estimate of drug-likeness (QED) is 0.630. The van der Waals surface area contributed by atoms with Crippen molar-refractivity contribution in [3.05, 3.63) is 59.2 Å². The van der Waals surface area contributed by atoms with Gasteiger partial charge in [0.2, 0.25) is 5.91 Å². The summed E-state index contributed by atoms with van der Waals surface area (Å²) in [6, 6.07) is 10.1. The Bertz CT molecular complexity index is 1040. The molecule has 3 amide bonds. The predicted octanol–water partition coefficient (Wildman–Crippen LogP) is 3.34. The number of likely N-dealkylation sites (tertiary alicyclic amines) is 1. The first-order chi connectivity index (χ1) is 16.0. The van der Waals surface area contributed by atoms with Gasteiger partial charge in [0, 0.05) is 37.8 Å². The molecule has 1 fully saturated rings. The maximum atomic E-state index is 13.2. The molecule has 2 N–H and O–H groups in total. The highest BCUT2D eigenvalue weighted by Crippen LogP contribution is 2.34. The second-order valence-electron chi connectivity index (χ2n) is 7.63. The van der Waals surface area contributed by atoms with Gasteiger partial charge in [0.1, 0.15) is 0 Å². The summed E-state index contributed by atoms with van der Waals surface area (Å²) in [6.07, 6.45) is 6.04. The number of hydrogen-bond donors (Lipinski definition) is 2. The molecule has 0 radical (unpaired) electrons. The molecule has 2 aromatic carbocycles. The largest absolute Gasteiger partial charge is 0.493 e. The van der Waals surface area contributed by atoms with Gasteiger partial charge in [-0.3, -0.25) is 14.4 Å². The van der Waals surface area contributed by atoms with Gasteiger partial charge < -0.3 is 25.0 Å². The van der Waals surface area contributed by atoms with E-state index in [1.165, 1.54) is 20.3 Å². The topological polar surface area (TPSA) is 97.0 Å². The van der Waals surface area contributed by atoms with Crippen molar-refractivity contribution in [1.82, 2.24) is 10.2 Å². The van der Waals surface area contributed by atoms with Gasteiger partial charge in [-0.25, -0.2) is 0 Å². The molecule has 3 rings (SSSR count). The van der Waals surface area contributed by atoms with E-state index in [0.717, 1.165) is 24.8 Å². The van der Waals surface area contributed by atoms with E-state index in [2.05, 4.69) is 10.6 Å². The summed E-state index contributed by atoms with van der Waals surface area (Å²) in [5.41, 5.74) is 2.00. The molecule has 0 aliphatic carbocycles. The molecule has 1 aliphatic rings. The molecular formula is C25H29N3O5. The van der Waals surface area contributed by atoms with Gasteiger partial charge in [-0.1, -0.05) is 12.1 Å². The second-order valence-corrected chi connectivity index (χ2v) is 7.63. The van der Waals surface area contributed by atoms with Crippen molar-refractivity contribution in [2.45, 2.75) is 19.3 Å². The Morgan fingerprint density at radius 3 is 2.18 bits per heavy atom. The predicted molar refractivity (Wildman–Crippen MR) is 127 cm³/mol. The minimum atomic E-state index is -0.398. The number of nitrogens with one attached hydrogen (secondary N) is 2. The van der Waals surface area contributed by atoms with Crippen LogP contribution >= 0.6 is 0 Å². The average molecular weight is 452 g/mol. The molecule has 0 saturated carbocycles. The highest BCUT2D eigenvalue weighted by Gasteiger charge is 2.24. The Morgan fingerprint density at radius 2 is 1.58 bits per heavy atom. The van der Waals surface area contributed by atoms with Crippen LogP contribution in [-0.2, 0) is 4.79 Å². The van der Waals surface area contributed by atoms with Crippen LogP contribution in [0, 0.1) is 0 Å². The molecule has 1 saturated heterocycles. The summed E-state index contributed by atoms with van der Waals surface area (Å²) < 4.78 is 10.7. The number of hydrogen-bond acceptors (Lipinski definition) is 5. The van der Waals surface area contributed by atoms with E-state index in [9.17, 15) is 14.4 Å². The number of rotatable bonds is 7. The molecule has 8 heteroatoms. The molecule has 174 valence electrons. The molecule has 1 heterocycles. The van der Waals surface area contributed by atoms with Crippen LogP contribution in [0.1, 0.15) is 45.5 Å². The minimum Gasteiger partial charge on any atom is -0.493 e. The lowest BCUT2D eigenvalue weighted by Crippen LogP contribution is -2.36. The van der Waals surface area contributed by atoms with Crippen molar-refractivity contribution in [2.24, 2.45) is 0 Å². The van der Waals surface area contributed by atoms with Crippen molar-refractivity contribution in [3.8, 4) is 11.5 Å². The van der Waals surface area contributed by atoms with Crippen LogP contribution in [0.5, 0.6) is 11.5 Å². The van der Waals surface area contributed by atoms with E-state index >= 15 is 0 Å². The van der Waals surface area contributed by atoms with E-state index in [0.29, 0.717) is 41.4 Å². The molecular weight excluding hydrogens is 422 g/mol. The number of methoxy groups -OCH3 is 2. The Balaban J connectivity index is 1.81. The van der Waals surface area contributed by atoms with E-state index in [4.69, 9.17) is 9.47 Å². The van der Waals surface area contributed by atoms with Gasteiger partial charge in [0.25, 0.3) is 11.8 Å². The number of amides is 3. The van der Waals surface area contributed by atoms with E-state index in [1.807, 2.05) is 0 Å². The number of anilines is 1. The zero-order valence-corrected chi connectivity index (χ0v) is 19.1. The van der Waals surface area contributed by atoms with Crippen molar-refractivity contribution in [3.63, 3.8) is 0 Å². The Kier molecular flexibility index (Phi) is 8.07. The summed E-state index contributed by atoms with van der Waals surface area (Å²) in [7, 11) is 4.57. The van der Waals surface area contributed by atoms with Gasteiger partial charge in [-0.2, -0.15) is 0 Å². The summed E-state index contributed by atoms with van der Waals surface area (Å²) in [5, 5.41) is 5.36. The fourth-order valence-electron chi connectivity index (χ4n) is 3.66. The van der Waals surface area contributed by atoms with E-state index in [1.54, 1.807) is 54.4 Å². The molecule has 2 aromatic rings. The summed E-state index contributed by atoms with van der Waals surface area (Å²) in [5.74, 6) is 0.104. The van der Waals surface area contributed by atoms with Crippen LogP contribution in [0.2, 0.25) is 0 Å². The number of nitrogens with zero attached hydrogens (tertiary/aromatic N) is 1. The minimum absolute atomic E-state index is 0.153. The van der Waals surface area contributed by atoms with E-state index < -0.39 is 5.91 Å². The lowest BCUT2D eigenvalue weighted by Gasteiger charge is -2.28. The van der Waals surface area contributed by atoms with Gasteiger partial charge in [0.05, 0.1) is 25.5 Å². The molecule has 33 heavy (non-hydrogen) atoms. The zero-order valence-electron chi connectivity index (χ0n) is 19.1. The standard InChI is InChI=1S/C25H29N3O5/c1-26-24(30)18-10-7-17(8-11-18)9-12-23(29)27-20-16-22(33-3)21(32-2)15-19(20)25(31)28-13-5-4-6-14-28/h7-12,15-16H,4-6,13-14H2,1-3H3,(H,26,30)(H,27,29)/b12-9+. The maximum Gasteiger partial charge on any atom is 0.256 e. The lowest BCUT2D eigenvalue weighted by atomic mass is 10.1. The monoisotopic (exact) mass is 451 g/mol. The summed E-state index contributed by atoms with van der Waals surface area (Å²) in [4.78, 5) is 39.3. The number of carbonyl (C=O) groups excluding carboxylic acids is 3. The fraction of sp³-hybridized carbons (Fsp3) is 0.320. The molecule has 0 bridgehead atoms. The first-order valence-corrected chi connectivity index (χ1v) is 10.8. The molecule has 0 unspecified atom stereocenters. The third-order valence-electron chi connectivity index (χ3n) is 5.48. The van der Waals surface area contributed by atoms with Crippen molar-refractivity contribution >= 4 is 29.5 Å². The van der Waals surface area contributed by atoms with Gasteiger partial charge in [0.15, 0.2) is 11.5 Å². The molecule has 0 spiro atoms. The SMILES string of the molecule is CNC(=O)c1ccc(/C=C/C(=O)Nc2cc(OC)c(OC)cc2C(=O)N2CCCCC2)cc1. The van der Waals surface area contributed by atoms with Gasteiger partial charge in [-0.15, -0.1) is 0 Å². The second kappa shape index (κ2) is 11.2. The lowest BCUT2D eigenvalue weighted by molar-refractivity contribution is -0.111. The maximum absolute atomic E-state index is 13.2. The smallest absolute Gasteiger partial charge is 0.256 e. The van der Waals surface area contributed by atoms with Crippen molar-refractivity contribution < 1.29 is 23.9 Å². The highest BCUT2D eigenvalue weighted by atomic mass is 16.5. The first-order valence-electron chi connectivity index (χ1n) is 10.8. The van der Waals surface area contributed by atoms with Gasteiger partial charge >= 0.3 is 0 Å². The molecule has 0 aromatic heterocycles. The number of carbonyl (C=O) groups is 3. The van der Waals surface area contributed by atoms with Crippen LogP contribution in [0.15, 0.2) is 42.5 Å². The Labute approximate surface area is 193 Å². The Morgan fingerprint density at radius 1 is 0.939 bits per heavy atom. The van der Waals surface area contributed by atoms with Crippen LogP contribution < -0.4 is 20.1 Å². The summed E-state index contributed by atoms with van der Waals surface area (Å²) >= 11 is 0. The Hall–Kier alpha value is -3.81. The van der Waals surface area contributed by atoms with Crippen molar-refractivity contribution in [2.75, 3.05) is 39.7 Å². The molecule has 1 aliphatic heterocycles. The van der Waals surface area contributed by atoms with Crippen LogP contribution in [0.25, 0.3) is 6.08 Å². The number of ether oxygens (including phenoxy) is 2. The third kappa shape index (κ3) is 5.91. The van der Waals surface area contributed by atoms with E-state index in [-0.39, 0.29) is 11.8 Å². The molecule has 8 nitrogen and oxygen atoms in total. The zero-order chi connectivity index (χ0) is 23.8. The third-order valence-corrected chi connectivity index (χ3v) is 5.48. The number of piperidine rings is 1. The van der Waals surface area contributed by atoms with Crippen LogP contribution in [-0.4, -0.2) is 57.0 Å². The molecule has 0 atom stereocenters. The highest BCUT2D eigenvalue weighted by molar-refractivity contribution is 6.08. The van der Waals surface area contributed by atoms with Crippen LogP contribution in [0.4, 0.5) is 5.69 Å². The first kappa shape index (κ1) is 23.8.